The van der Waals surface area contributed by atoms with E-state index >= 15 is 0 Å². The van der Waals surface area contributed by atoms with Crippen molar-refractivity contribution in [2.24, 2.45) is 0 Å². The topological polar surface area (TPSA) is 98.7 Å². The van der Waals surface area contributed by atoms with Crippen molar-refractivity contribution in [2.45, 2.75) is 44.9 Å². The average molecular weight is 572 g/mol. The highest BCUT2D eigenvalue weighted by Gasteiger charge is 2.25. The summed E-state index contributed by atoms with van der Waals surface area (Å²) < 4.78 is 0. The fraction of sp³-hybridized carbons (Fsp3) is 0.312. The number of aliphatic hydroxyl groups is 1. The molecule has 0 unspecified atom stereocenters. The van der Waals surface area contributed by atoms with Crippen LogP contribution in [0.1, 0.15) is 56.6 Å². The number of nitrogens with zero attached hydrogens (tertiary/aromatic N) is 4. The molecule has 2 N–H and O–H groups in total. The van der Waals surface area contributed by atoms with Crippen LogP contribution < -0.4 is 10.2 Å². The molecular formula is C32H37N5O3S. The van der Waals surface area contributed by atoms with Gasteiger partial charge in [-0.05, 0) is 47.7 Å². The number of pyridine rings is 1. The molecule has 214 valence electrons. The second-order valence-corrected chi connectivity index (χ2v) is 11.5. The zero-order valence-corrected chi connectivity index (χ0v) is 24.7. The van der Waals surface area contributed by atoms with Crippen LogP contribution in [0.15, 0.2) is 84.6 Å². The molecule has 0 saturated carbocycles. The van der Waals surface area contributed by atoms with Gasteiger partial charge in [-0.3, -0.25) is 14.6 Å². The minimum atomic E-state index is -0.874. The van der Waals surface area contributed by atoms with E-state index in [2.05, 4.69) is 35.2 Å². The number of thiazole rings is 1. The van der Waals surface area contributed by atoms with E-state index in [9.17, 15) is 14.7 Å². The number of hydrogen-bond donors (Lipinski definition) is 2. The number of anilines is 1. The zero-order chi connectivity index (χ0) is 29.4. The van der Waals surface area contributed by atoms with Crippen LogP contribution in [0.2, 0.25) is 0 Å². The van der Waals surface area contributed by atoms with Crippen LogP contribution in [0.3, 0.4) is 0 Å². The molecule has 0 radical (unpaired) electrons. The van der Waals surface area contributed by atoms with Crippen molar-refractivity contribution in [1.82, 2.24) is 20.2 Å². The van der Waals surface area contributed by atoms with Gasteiger partial charge in [0, 0.05) is 49.5 Å². The Bertz CT molecular complexity index is 1430. The number of nitrogens with one attached hydrogen (secondary N) is 1. The van der Waals surface area contributed by atoms with Gasteiger partial charge in [0.05, 0.1) is 30.6 Å². The quantitative estimate of drug-likeness (QED) is 0.254. The van der Waals surface area contributed by atoms with Crippen LogP contribution in [-0.4, -0.2) is 64.6 Å². The number of carbonyl (C=O) groups is 2. The Kier molecular flexibility index (Phi) is 10.2. The van der Waals surface area contributed by atoms with Gasteiger partial charge in [-0.15, -0.1) is 11.3 Å². The van der Waals surface area contributed by atoms with Crippen molar-refractivity contribution in [3.8, 4) is 0 Å². The van der Waals surface area contributed by atoms with Gasteiger partial charge in [0.25, 0.3) is 11.8 Å². The van der Waals surface area contributed by atoms with Crippen molar-refractivity contribution in [3.05, 3.63) is 112 Å². The van der Waals surface area contributed by atoms with Gasteiger partial charge in [-0.25, -0.2) is 4.98 Å². The van der Waals surface area contributed by atoms with E-state index < -0.39 is 12.1 Å². The van der Waals surface area contributed by atoms with Crippen molar-refractivity contribution < 1.29 is 14.7 Å². The summed E-state index contributed by atoms with van der Waals surface area (Å²) in [6, 6.07) is 17.9. The van der Waals surface area contributed by atoms with Gasteiger partial charge in [-0.1, -0.05) is 50.2 Å². The first-order valence-corrected chi connectivity index (χ1v) is 14.5. The van der Waals surface area contributed by atoms with E-state index in [0.29, 0.717) is 36.6 Å². The van der Waals surface area contributed by atoms with Crippen LogP contribution in [0.25, 0.3) is 0 Å². The van der Waals surface area contributed by atoms with E-state index in [1.165, 1.54) is 11.3 Å². The Hall–Kier alpha value is -4.08. The van der Waals surface area contributed by atoms with Gasteiger partial charge in [0.2, 0.25) is 0 Å². The number of carbonyl (C=O) groups excluding carboxylic acids is 2. The Morgan fingerprint density at radius 3 is 2.46 bits per heavy atom. The first kappa shape index (κ1) is 29.9. The fourth-order valence-corrected chi connectivity index (χ4v) is 5.17. The Balaban J connectivity index is 1.49. The third-order valence-corrected chi connectivity index (χ3v) is 7.73. The summed E-state index contributed by atoms with van der Waals surface area (Å²) in [7, 11) is 3.62. The zero-order valence-electron chi connectivity index (χ0n) is 23.9. The molecule has 2 amide bonds. The minimum absolute atomic E-state index is 0.199. The molecule has 8 nitrogen and oxygen atoms in total. The number of aromatic nitrogens is 2. The van der Waals surface area contributed by atoms with Crippen molar-refractivity contribution >= 4 is 28.8 Å². The van der Waals surface area contributed by atoms with Gasteiger partial charge in [-0.2, -0.15) is 0 Å². The molecule has 2 aromatic heterocycles. The van der Waals surface area contributed by atoms with E-state index in [-0.39, 0.29) is 11.8 Å². The number of benzene rings is 2. The molecule has 0 aliphatic carbocycles. The minimum Gasteiger partial charge on any atom is -0.389 e. The molecule has 2 aromatic carbocycles. The highest BCUT2D eigenvalue weighted by Crippen LogP contribution is 2.20. The van der Waals surface area contributed by atoms with Crippen molar-refractivity contribution in [2.75, 3.05) is 25.5 Å². The predicted molar refractivity (Wildman–Crippen MR) is 163 cm³/mol. The molecule has 0 aliphatic heterocycles. The van der Waals surface area contributed by atoms with Gasteiger partial charge >= 0.3 is 0 Å². The maximum Gasteiger partial charge on any atom is 0.253 e. The van der Waals surface area contributed by atoms with Crippen molar-refractivity contribution in [1.29, 1.82) is 0 Å². The fourth-order valence-electron chi connectivity index (χ4n) is 4.51. The molecule has 2 heterocycles. The van der Waals surface area contributed by atoms with Crippen LogP contribution >= 0.6 is 11.3 Å². The molecule has 4 rings (SSSR count). The third-order valence-electron chi connectivity index (χ3n) is 6.97. The Labute approximate surface area is 245 Å². The Morgan fingerprint density at radius 2 is 1.76 bits per heavy atom. The number of amides is 2. The lowest BCUT2D eigenvalue weighted by atomic mass is 9.99. The van der Waals surface area contributed by atoms with Gasteiger partial charge in [0.15, 0.2) is 0 Å². The first-order valence-electron chi connectivity index (χ1n) is 13.6. The van der Waals surface area contributed by atoms with Crippen LogP contribution in [0.4, 0.5) is 5.69 Å². The SMILES string of the molecule is CC(C)c1cncc(N(C)C[C@@H](O)[C@H](Cc2ccccc2)NC(=O)c2cccc(C(=O)N(C)Cc3nccs3)c2)c1. The summed E-state index contributed by atoms with van der Waals surface area (Å²) in [4.78, 5) is 38.6. The number of likely N-dealkylation sites (N-methyl/N-ethyl adjacent to an activating group) is 1. The summed E-state index contributed by atoms with van der Waals surface area (Å²) in [5.41, 5.74) is 3.77. The molecular weight excluding hydrogens is 534 g/mol. The van der Waals surface area contributed by atoms with Crippen LogP contribution in [-0.2, 0) is 13.0 Å². The lowest BCUT2D eigenvalue weighted by Crippen LogP contribution is -2.49. The standard InChI is InChI=1S/C32H37N5O3S/c1-22(2)26-17-27(19-33-18-26)36(3)20-29(38)28(15-23-9-6-5-7-10-23)35-31(39)24-11-8-12-25(16-24)32(40)37(4)21-30-34-13-14-41-30/h5-14,16-19,22,28-29,38H,15,20-21H2,1-4H3,(H,35,39)/t28-,29+/m0/s1. The summed E-state index contributed by atoms with van der Waals surface area (Å²) in [6.07, 6.45) is 4.91. The van der Waals surface area contributed by atoms with Crippen molar-refractivity contribution in [3.63, 3.8) is 0 Å². The van der Waals surface area contributed by atoms with E-state index in [1.807, 2.05) is 53.9 Å². The smallest absolute Gasteiger partial charge is 0.253 e. The molecule has 0 fully saturated rings. The number of rotatable bonds is 12. The molecule has 0 aliphatic rings. The lowest BCUT2D eigenvalue weighted by molar-refractivity contribution is 0.0785. The van der Waals surface area contributed by atoms with E-state index in [0.717, 1.165) is 21.8 Å². The van der Waals surface area contributed by atoms with E-state index in [1.54, 1.807) is 48.6 Å². The maximum absolute atomic E-state index is 13.4. The predicted octanol–water partition coefficient (Wildman–Crippen LogP) is 4.77. The first-order chi connectivity index (χ1) is 19.7. The molecule has 41 heavy (non-hydrogen) atoms. The van der Waals surface area contributed by atoms with Crippen LogP contribution in [0.5, 0.6) is 0 Å². The summed E-state index contributed by atoms with van der Waals surface area (Å²) in [6.45, 7) is 4.91. The molecule has 4 aromatic rings. The normalized spacial score (nSPS) is 12.5. The Morgan fingerprint density at radius 1 is 1.00 bits per heavy atom. The summed E-state index contributed by atoms with van der Waals surface area (Å²) >= 11 is 1.49. The third kappa shape index (κ3) is 8.22. The van der Waals surface area contributed by atoms with Gasteiger partial charge < -0.3 is 20.2 Å². The maximum atomic E-state index is 13.4. The largest absolute Gasteiger partial charge is 0.389 e. The second-order valence-electron chi connectivity index (χ2n) is 10.5. The highest BCUT2D eigenvalue weighted by atomic mass is 32.1. The molecule has 2 atom stereocenters. The van der Waals surface area contributed by atoms with Gasteiger partial charge in [0.1, 0.15) is 5.01 Å². The molecule has 0 saturated heterocycles. The molecule has 0 spiro atoms. The second kappa shape index (κ2) is 14.0. The lowest BCUT2D eigenvalue weighted by Gasteiger charge is -2.29. The monoisotopic (exact) mass is 571 g/mol. The average Bonchev–Trinajstić information content (AvgIpc) is 3.50. The number of hydrogen-bond acceptors (Lipinski definition) is 7. The summed E-state index contributed by atoms with van der Waals surface area (Å²) in [5, 5.41) is 17.1. The molecule has 9 heteroatoms. The highest BCUT2D eigenvalue weighted by molar-refractivity contribution is 7.09. The van der Waals surface area contributed by atoms with Crippen LogP contribution in [0, 0.1) is 0 Å². The number of aliphatic hydroxyl groups excluding tert-OH is 1. The summed E-state index contributed by atoms with van der Waals surface area (Å²) in [5.74, 6) is -0.219. The van der Waals surface area contributed by atoms with E-state index in [4.69, 9.17) is 0 Å². The molecule has 0 bridgehead atoms.